The first-order valence-corrected chi connectivity index (χ1v) is 11.0. The lowest BCUT2D eigenvalue weighted by atomic mass is 10.00. The van der Waals surface area contributed by atoms with Crippen molar-refractivity contribution in [3.8, 4) is 17.2 Å². The van der Waals surface area contributed by atoms with Crippen molar-refractivity contribution in [2.75, 3.05) is 34.9 Å². The summed E-state index contributed by atoms with van der Waals surface area (Å²) in [5.74, 6) is 0.557. The van der Waals surface area contributed by atoms with Crippen LogP contribution in [0.25, 0.3) is 17.2 Å². The van der Waals surface area contributed by atoms with Gasteiger partial charge >= 0.3 is 0 Å². The van der Waals surface area contributed by atoms with E-state index in [-0.39, 0.29) is 35.4 Å². The number of methoxy groups -OCH3 is 3. The molecule has 0 unspecified atom stereocenters. The van der Waals surface area contributed by atoms with E-state index in [0.29, 0.717) is 17.9 Å². The minimum absolute atomic E-state index is 0.0893. The number of fused-ring (bicyclic) bond motifs is 1. The lowest BCUT2D eigenvalue weighted by molar-refractivity contribution is -0.128. The number of hydrogen-bond donors (Lipinski definition) is 1. The predicted molar refractivity (Wildman–Crippen MR) is 136 cm³/mol. The first kappa shape index (κ1) is 25.6. The molecule has 0 heterocycles. The van der Waals surface area contributed by atoms with Crippen LogP contribution >= 0.6 is 0 Å². The van der Waals surface area contributed by atoms with E-state index in [1.54, 1.807) is 49.4 Å². The zero-order chi connectivity index (χ0) is 25.7. The third-order valence-corrected chi connectivity index (χ3v) is 5.98. The van der Waals surface area contributed by atoms with Crippen LogP contribution < -0.4 is 9.47 Å². The SMILES string of the molecule is C=C/C=C(/CN(C)C(=O)CC1=C(C)/C(=C/c2cc(OC)c(O)c(OC)c2)c2ccc(F)cc21)OC. The zero-order valence-electron chi connectivity index (χ0n) is 20.6. The van der Waals surface area contributed by atoms with E-state index >= 15 is 0 Å². The second kappa shape index (κ2) is 11.0. The summed E-state index contributed by atoms with van der Waals surface area (Å²) < 4.78 is 30.1. The van der Waals surface area contributed by atoms with Gasteiger partial charge in [0.2, 0.25) is 11.7 Å². The van der Waals surface area contributed by atoms with Gasteiger partial charge in [0.05, 0.1) is 34.3 Å². The highest BCUT2D eigenvalue weighted by Gasteiger charge is 2.27. The molecule has 2 aromatic rings. The van der Waals surface area contributed by atoms with Crippen molar-refractivity contribution in [2.24, 2.45) is 0 Å². The number of carbonyl (C=O) groups is 1. The number of phenols is 1. The Hall–Kier alpha value is -4.00. The molecular weight excluding hydrogens is 449 g/mol. The fourth-order valence-corrected chi connectivity index (χ4v) is 4.07. The number of aromatic hydroxyl groups is 1. The molecule has 1 amide bonds. The highest BCUT2D eigenvalue weighted by molar-refractivity contribution is 6.08. The lowest BCUT2D eigenvalue weighted by Gasteiger charge is -2.19. The summed E-state index contributed by atoms with van der Waals surface area (Å²) >= 11 is 0. The third kappa shape index (κ3) is 5.40. The number of ether oxygens (including phenoxy) is 3. The van der Waals surface area contributed by atoms with Crippen LogP contribution in [-0.2, 0) is 9.53 Å². The Bertz CT molecular complexity index is 1220. The largest absolute Gasteiger partial charge is 0.502 e. The van der Waals surface area contributed by atoms with Gasteiger partial charge in [-0.05, 0) is 76.8 Å². The molecule has 0 saturated heterocycles. The molecule has 0 atom stereocenters. The molecule has 0 bridgehead atoms. The van der Waals surface area contributed by atoms with Gasteiger partial charge in [0.25, 0.3) is 0 Å². The van der Waals surface area contributed by atoms with E-state index in [0.717, 1.165) is 27.8 Å². The molecule has 0 aliphatic heterocycles. The minimum atomic E-state index is -0.375. The molecule has 2 aromatic carbocycles. The van der Waals surface area contributed by atoms with Gasteiger partial charge in [-0.3, -0.25) is 4.79 Å². The fraction of sp³-hybridized carbons (Fsp3) is 0.250. The van der Waals surface area contributed by atoms with Crippen molar-refractivity contribution >= 4 is 23.1 Å². The fourth-order valence-electron chi connectivity index (χ4n) is 4.07. The van der Waals surface area contributed by atoms with Crippen LogP contribution in [0.15, 0.2) is 60.4 Å². The number of likely N-dealkylation sites (N-methyl/N-ethyl adjacent to an activating group) is 1. The molecule has 1 aliphatic carbocycles. The Labute approximate surface area is 205 Å². The number of allylic oxidation sites excluding steroid dienone is 4. The van der Waals surface area contributed by atoms with E-state index in [1.807, 2.05) is 13.0 Å². The number of phenolic OH excluding ortho intramolecular Hbond substituents is 1. The first-order chi connectivity index (χ1) is 16.7. The molecule has 7 heteroatoms. The molecule has 0 fully saturated rings. The Morgan fingerprint density at radius 2 is 1.77 bits per heavy atom. The minimum Gasteiger partial charge on any atom is -0.502 e. The number of hydrogen-bond acceptors (Lipinski definition) is 5. The highest BCUT2D eigenvalue weighted by atomic mass is 19.1. The number of halogens is 1. The molecule has 0 radical (unpaired) electrons. The van der Waals surface area contributed by atoms with Crippen molar-refractivity contribution in [2.45, 2.75) is 13.3 Å². The quantitative estimate of drug-likeness (QED) is 0.383. The number of rotatable bonds is 9. The predicted octanol–water partition coefficient (Wildman–Crippen LogP) is 5.44. The molecule has 184 valence electrons. The second-order valence-corrected chi connectivity index (χ2v) is 8.12. The van der Waals surface area contributed by atoms with E-state index in [9.17, 15) is 14.3 Å². The van der Waals surface area contributed by atoms with Crippen LogP contribution in [0.1, 0.15) is 30.0 Å². The van der Waals surface area contributed by atoms with Crippen LogP contribution in [-0.4, -0.2) is 50.8 Å². The van der Waals surface area contributed by atoms with Gasteiger partial charge in [-0.25, -0.2) is 4.39 Å². The molecule has 1 aliphatic rings. The van der Waals surface area contributed by atoms with Crippen molar-refractivity contribution in [1.29, 1.82) is 0 Å². The van der Waals surface area contributed by atoms with Gasteiger partial charge in [-0.2, -0.15) is 0 Å². The van der Waals surface area contributed by atoms with Crippen LogP contribution in [0.2, 0.25) is 0 Å². The van der Waals surface area contributed by atoms with E-state index in [4.69, 9.17) is 14.2 Å². The summed E-state index contributed by atoms with van der Waals surface area (Å²) in [6.07, 6.45) is 5.32. The average Bonchev–Trinajstić information content (AvgIpc) is 3.09. The molecule has 0 aromatic heterocycles. The van der Waals surface area contributed by atoms with Gasteiger partial charge in [-0.1, -0.05) is 18.7 Å². The van der Waals surface area contributed by atoms with Crippen LogP contribution in [0.5, 0.6) is 17.2 Å². The molecule has 3 rings (SSSR count). The molecular formula is C28H30FNO5. The molecule has 1 N–H and O–H groups in total. The Morgan fingerprint density at radius 1 is 1.11 bits per heavy atom. The van der Waals surface area contributed by atoms with Crippen molar-refractivity contribution in [3.05, 3.63) is 82.9 Å². The van der Waals surface area contributed by atoms with Gasteiger partial charge in [0, 0.05) is 7.05 Å². The Morgan fingerprint density at radius 3 is 2.34 bits per heavy atom. The van der Waals surface area contributed by atoms with Crippen LogP contribution in [0.3, 0.4) is 0 Å². The second-order valence-electron chi connectivity index (χ2n) is 8.12. The molecule has 0 spiro atoms. The normalized spacial score (nSPS) is 14.1. The Balaban J connectivity index is 2.03. The van der Waals surface area contributed by atoms with E-state index in [1.165, 1.54) is 26.4 Å². The van der Waals surface area contributed by atoms with Crippen molar-refractivity contribution in [1.82, 2.24) is 4.90 Å². The number of benzene rings is 2. The van der Waals surface area contributed by atoms with Crippen molar-refractivity contribution < 1.29 is 28.5 Å². The van der Waals surface area contributed by atoms with Crippen LogP contribution in [0.4, 0.5) is 4.39 Å². The van der Waals surface area contributed by atoms with Gasteiger partial charge in [-0.15, -0.1) is 0 Å². The first-order valence-electron chi connectivity index (χ1n) is 11.0. The Kier molecular flexibility index (Phi) is 8.02. The number of nitrogens with zero attached hydrogens (tertiary/aromatic N) is 1. The highest BCUT2D eigenvalue weighted by Crippen LogP contribution is 2.45. The summed E-state index contributed by atoms with van der Waals surface area (Å²) in [5, 5.41) is 10.2. The standard InChI is InChI=1S/C28H30FNO5/c1-7-8-20(33-4)16-30(3)27(31)15-23-17(2)22(21-10-9-19(29)14-24(21)23)11-18-12-25(34-5)28(32)26(13-18)35-6/h7-14,32H,1,15-16H2,2-6H3/b20-8-,22-11-. The zero-order valence-corrected chi connectivity index (χ0v) is 20.6. The molecule has 6 nitrogen and oxygen atoms in total. The summed E-state index contributed by atoms with van der Waals surface area (Å²) in [4.78, 5) is 14.6. The van der Waals surface area contributed by atoms with Crippen LogP contribution in [0, 0.1) is 5.82 Å². The van der Waals surface area contributed by atoms with Gasteiger partial charge in [0.15, 0.2) is 11.5 Å². The van der Waals surface area contributed by atoms with E-state index < -0.39 is 0 Å². The maximum Gasteiger partial charge on any atom is 0.227 e. The lowest BCUT2D eigenvalue weighted by Crippen LogP contribution is -2.29. The average molecular weight is 480 g/mol. The molecule has 35 heavy (non-hydrogen) atoms. The summed E-state index contributed by atoms with van der Waals surface area (Å²) in [6, 6.07) is 7.96. The molecule has 0 saturated carbocycles. The summed E-state index contributed by atoms with van der Waals surface area (Å²) in [7, 11) is 6.16. The van der Waals surface area contributed by atoms with Gasteiger partial charge < -0.3 is 24.2 Å². The maximum atomic E-state index is 14.2. The summed E-state index contributed by atoms with van der Waals surface area (Å²) in [6.45, 7) is 5.86. The topological polar surface area (TPSA) is 68.2 Å². The smallest absolute Gasteiger partial charge is 0.227 e. The number of carbonyl (C=O) groups excluding carboxylic acids is 1. The monoisotopic (exact) mass is 479 g/mol. The third-order valence-electron chi connectivity index (χ3n) is 5.98. The maximum absolute atomic E-state index is 14.2. The number of amides is 1. The van der Waals surface area contributed by atoms with Gasteiger partial charge in [0.1, 0.15) is 11.6 Å². The van der Waals surface area contributed by atoms with Crippen molar-refractivity contribution in [3.63, 3.8) is 0 Å². The summed E-state index contributed by atoms with van der Waals surface area (Å²) in [5.41, 5.74) is 4.71. The van der Waals surface area contributed by atoms with E-state index in [2.05, 4.69) is 6.58 Å².